The van der Waals surface area contributed by atoms with Crippen molar-refractivity contribution in [1.82, 2.24) is 5.32 Å². The monoisotopic (exact) mass is 215 g/mol. The summed E-state index contributed by atoms with van der Waals surface area (Å²) in [7, 11) is 0. The maximum Gasteiger partial charge on any atom is 0.437 e. The van der Waals surface area contributed by atoms with Gasteiger partial charge in [-0.05, 0) is 34.1 Å². The first-order chi connectivity index (χ1) is 6.74. The Kier molecular flexibility index (Phi) is 5.11. The van der Waals surface area contributed by atoms with E-state index in [1.807, 2.05) is 13.8 Å². The highest BCUT2D eigenvalue weighted by Crippen LogP contribution is 2.07. The molecule has 0 aromatic carbocycles. The highest BCUT2D eigenvalue weighted by atomic mass is 16.6. The number of aliphatic imine (C=N–C) groups is 1. The van der Waals surface area contributed by atoms with E-state index in [1.165, 1.54) is 0 Å². The molecule has 0 bridgehead atoms. The maximum atomic E-state index is 11.2. The molecular weight excluding hydrogens is 194 g/mol. The molecule has 15 heavy (non-hydrogen) atoms. The number of rotatable bonds is 2. The lowest BCUT2D eigenvalue weighted by molar-refractivity contribution is 0.0603. The summed E-state index contributed by atoms with van der Waals surface area (Å²) in [6.07, 6.45) is 0.237. The van der Waals surface area contributed by atoms with Crippen LogP contribution in [-0.4, -0.2) is 23.7 Å². The molecule has 0 aromatic heterocycles. The number of guanidine groups is 1. The fourth-order valence-electron chi connectivity index (χ4n) is 0.770. The van der Waals surface area contributed by atoms with Crippen molar-refractivity contribution in [2.24, 2.45) is 10.7 Å². The molecule has 3 N–H and O–H groups in total. The topological polar surface area (TPSA) is 76.7 Å². The molecule has 1 atom stereocenters. The fraction of sp³-hybridized carbons (Fsp3) is 0.800. The van der Waals surface area contributed by atoms with E-state index in [0.717, 1.165) is 6.42 Å². The summed E-state index contributed by atoms with van der Waals surface area (Å²) in [5.41, 5.74) is 4.96. The van der Waals surface area contributed by atoms with Crippen LogP contribution in [0.2, 0.25) is 0 Å². The molecule has 0 radical (unpaired) electrons. The average Bonchev–Trinajstić information content (AvgIpc) is 1.99. The van der Waals surface area contributed by atoms with Crippen LogP contribution in [-0.2, 0) is 4.74 Å². The Morgan fingerprint density at radius 2 is 2.07 bits per heavy atom. The quantitative estimate of drug-likeness (QED) is 0.542. The minimum Gasteiger partial charge on any atom is -0.442 e. The maximum absolute atomic E-state index is 11.2. The number of hydrogen-bond donors (Lipinski definition) is 2. The number of carbonyl (C=O) groups is 1. The van der Waals surface area contributed by atoms with Gasteiger partial charge in [-0.25, -0.2) is 4.79 Å². The van der Waals surface area contributed by atoms with Crippen LogP contribution in [0.5, 0.6) is 0 Å². The van der Waals surface area contributed by atoms with Gasteiger partial charge in [0.2, 0.25) is 0 Å². The zero-order valence-electron chi connectivity index (χ0n) is 10.1. The molecule has 0 aliphatic carbocycles. The standard InChI is InChI=1S/C10H21N3O2/c1-6-7(2)12-8(11)13-9(14)15-10(3,4)5/h7H,6H2,1-5H3,(H3,11,12,13,14). The largest absolute Gasteiger partial charge is 0.442 e. The van der Waals surface area contributed by atoms with E-state index in [9.17, 15) is 4.79 Å². The molecule has 0 rings (SSSR count). The molecule has 0 aromatic rings. The normalized spacial score (nSPS) is 14.6. The lowest BCUT2D eigenvalue weighted by atomic mass is 10.2. The number of nitrogens with two attached hydrogens (primary N) is 1. The summed E-state index contributed by atoms with van der Waals surface area (Å²) in [6, 6.07) is 0.191. The number of ether oxygens (including phenoxy) is 1. The van der Waals surface area contributed by atoms with E-state index in [0.29, 0.717) is 0 Å². The average molecular weight is 215 g/mol. The molecule has 0 heterocycles. The van der Waals surface area contributed by atoms with Crippen LogP contribution in [0.1, 0.15) is 41.0 Å². The van der Waals surface area contributed by atoms with Crippen molar-refractivity contribution in [2.75, 3.05) is 0 Å². The second kappa shape index (κ2) is 5.58. The highest BCUT2D eigenvalue weighted by Gasteiger charge is 2.15. The van der Waals surface area contributed by atoms with Crippen LogP contribution in [0.25, 0.3) is 0 Å². The van der Waals surface area contributed by atoms with Crippen LogP contribution >= 0.6 is 0 Å². The Hall–Kier alpha value is -1.26. The minimum atomic E-state index is -0.671. The van der Waals surface area contributed by atoms with Crippen LogP contribution < -0.4 is 11.1 Å². The molecule has 88 valence electrons. The van der Waals surface area contributed by atoms with Gasteiger partial charge in [-0.15, -0.1) is 4.99 Å². The first kappa shape index (κ1) is 13.7. The third kappa shape index (κ3) is 7.78. The molecule has 1 unspecified atom stereocenters. The third-order valence-electron chi connectivity index (χ3n) is 1.61. The Balaban J connectivity index is 4.18. The number of hydrogen-bond acceptors (Lipinski definition) is 2. The zero-order valence-corrected chi connectivity index (χ0v) is 10.1. The smallest absolute Gasteiger partial charge is 0.437 e. The van der Waals surface area contributed by atoms with Gasteiger partial charge in [-0.1, -0.05) is 6.92 Å². The minimum absolute atomic E-state index is 0.0959. The van der Waals surface area contributed by atoms with Crippen molar-refractivity contribution in [3.63, 3.8) is 0 Å². The van der Waals surface area contributed by atoms with Crippen LogP contribution in [0.15, 0.2) is 4.99 Å². The highest BCUT2D eigenvalue weighted by molar-refractivity contribution is 5.89. The van der Waals surface area contributed by atoms with Crippen molar-refractivity contribution in [3.05, 3.63) is 0 Å². The van der Waals surface area contributed by atoms with E-state index in [4.69, 9.17) is 10.5 Å². The van der Waals surface area contributed by atoms with Gasteiger partial charge in [0.25, 0.3) is 0 Å². The van der Waals surface area contributed by atoms with Crippen molar-refractivity contribution in [2.45, 2.75) is 52.7 Å². The van der Waals surface area contributed by atoms with E-state index in [1.54, 1.807) is 20.8 Å². The molecule has 5 heteroatoms. The molecule has 0 fully saturated rings. The summed E-state index contributed by atoms with van der Waals surface area (Å²) in [6.45, 7) is 9.30. The molecule has 0 aliphatic heterocycles. The molecule has 0 saturated heterocycles. The van der Waals surface area contributed by atoms with Crippen LogP contribution in [0, 0.1) is 0 Å². The first-order valence-electron chi connectivity index (χ1n) is 5.08. The second-order valence-corrected chi connectivity index (χ2v) is 4.43. The summed E-state index contributed by atoms with van der Waals surface area (Å²) < 4.78 is 4.98. The van der Waals surface area contributed by atoms with E-state index in [2.05, 4.69) is 10.3 Å². The third-order valence-corrected chi connectivity index (χ3v) is 1.61. The lowest BCUT2D eigenvalue weighted by Crippen LogP contribution is -2.39. The molecule has 0 spiro atoms. The molecule has 0 aliphatic rings. The summed E-state index contributed by atoms with van der Waals surface area (Å²) in [5, 5.41) is 2.87. The van der Waals surface area contributed by atoms with Crippen LogP contribution in [0.3, 0.4) is 0 Å². The predicted octanol–water partition coefficient (Wildman–Crippen LogP) is 1.62. The van der Waals surface area contributed by atoms with Gasteiger partial charge in [0.15, 0.2) is 5.96 Å². The zero-order chi connectivity index (χ0) is 12.1. The van der Waals surface area contributed by atoms with Gasteiger partial charge in [0, 0.05) is 6.04 Å². The SMILES string of the molecule is CCC(C)NC(N)=NC(=O)OC(C)(C)C. The number of amides is 1. The predicted molar refractivity (Wildman–Crippen MR) is 60.7 cm³/mol. The summed E-state index contributed by atoms with van der Waals surface area (Å²) in [5.74, 6) is 0.0959. The number of carbonyl (C=O) groups excluding carboxylic acids is 1. The number of nitrogens with one attached hydrogen (secondary N) is 1. The molecular formula is C10H21N3O2. The number of nitrogens with zero attached hydrogens (tertiary/aromatic N) is 1. The lowest BCUT2D eigenvalue weighted by Gasteiger charge is -2.18. The van der Waals surface area contributed by atoms with Crippen molar-refractivity contribution >= 4 is 12.1 Å². The van der Waals surface area contributed by atoms with E-state index in [-0.39, 0.29) is 12.0 Å². The van der Waals surface area contributed by atoms with Crippen LogP contribution in [0.4, 0.5) is 4.79 Å². The van der Waals surface area contributed by atoms with Crippen molar-refractivity contribution in [1.29, 1.82) is 0 Å². The Morgan fingerprint density at radius 1 is 1.53 bits per heavy atom. The summed E-state index contributed by atoms with van der Waals surface area (Å²) >= 11 is 0. The molecule has 0 saturated carbocycles. The van der Waals surface area contributed by atoms with Gasteiger partial charge in [0.1, 0.15) is 5.60 Å². The van der Waals surface area contributed by atoms with E-state index < -0.39 is 11.7 Å². The molecule has 5 nitrogen and oxygen atoms in total. The van der Waals surface area contributed by atoms with Gasteiger partial charge in [0.05, 0.1) is 0 Å². The van der Waals surface area contributed by atoms with Crippen molar-refractivity contribution in [3.8, 4) is 0 Å². The molecule has 1 amide bonds. The van der Waals surface area contributed by atoms with Gasteiger partial charge < -0.3 is 15.8 Å². The fourth-order valence-corrected chi connectivity index (χ4v) is 0.770. The van der Waals surface area contributed by atoms with Crippen molar-refractivity contribution < 1.29 is 9.53 Å². The summed E-state index contributed by atoms with van der Waals surface area (Å²) in [4.78, 5) is 14.8. The Labute approximate surface area is 91.1 Å². The second-order valence-electron chi connectivity index (χ2n) is 4.43. The van der Waals surface area contributed by atoms with Gasteiger partial charge in [-0.2, -0.15) is 0 Å². The van der Waals surface area contributed by atoms with E-state index >= 15 is 0 Å². The first-order valence-corrected chi connectivity index (χ1v) is 5.08. The Bertz CT molecular complexity index is 244. The Morgan fingerprint density at radius 3 is 2.47 bits per heavy atom. The van der Waals surface area contributed by atoms with Gasteiger partial charge >= 0.3 is 6.09 Å². The van der Waals surface area contributed by atoms with Gasteiger partial charge in [-0.3, -0.25) is 0 Å².